The molecular formula is C19H20BrNO3. The summed E-state index contributed by atoms with van der Waals surface area (Å²) < 4.78 is 11.5. The molecule has 0 radical (unpaired) electrons. The highest BCUT2D eigenvalue weighted by Crippen LogP contribution is 2.28. The van der Waals surface area contributed by atoms with Crippen LogP contribution in [0.3, 0.4) is 0 Å². The van der Waals surface area contributed by atoms with E-state index in [1.54, 1.807) is 38.3 Å². The van der Waals surface area contributed by atoms with Gasteiger partial charge in [0.05, 0.1) is 14.2 Å². The van der Waals surface area contributed by atoms with Crippen molar-refractivity contribution in [2.75, 3.05) is 21.3 Å². The number of carbonyl (C=O) groups is 1. The molecule has 0 spiro atoms. The molecule has 126 valence electrons. The molecule has 0 heterocycles. The van der Waals surface area contributed by atoms with Crippen molar-refractivity contribution in [3.8, 4) is 11.5 Å². The molecule has 0 aromatic heterocycles. The molecule has 2 aromatic carbocycles. The van der Waals surface area contributed by atoms with E-state index in [2.05, 4.69) is 15.9 Å². The van der Waals surface area contributed by atoms with Crippen molar-refractivity contribution >= 4 is 27.9 Å². The highest BCUT2D eigenvalue weighted by Gasteiger charge is 2.07. The zero-order chi connectivity index (χ0) is 17.5. The monoisotopic (exact) mass is 389 g/mol. The van der Waals surface area contributed by atoms with Gasteiger partial charge in [-0.2, -0.15) is 0 Å². The van der Waals surface area contributed by atoms with Crippen molar-refractivity contribution < 1.29 is 14.3 Å². The Balaban J connectivity index is 2.02. The van der Waals surface area contributed by atoms with E-state index in [9.17, 15) is 4.79 Å². The first-order valence-corrected chi connectivity index (χ1v) is 8.22. The summed E-state index contributed by atoms with van der Waals surface area (Å²) in [5, 5.41) is 0. The van der Waals surface area contributed by atoms with Gasteiger partial charge in [0.1, 0.15) is 0 Å². The fraction of sp³-hybridized carbons (Fsp3) is 0.211. The maximum absolute atomic E-state index is 12.2. The molecule has 0 bridgehead atoms. The molecule has 0 atom stereocenters. The van der Waals surface area contributed by atoms with Gasteiger partial charge in [-0.25, -0.2) is 0 Å². The quantitative estimate of drug-likeness (QED) is 0.696. The van der Waals surface area contributed by atoms with Crippen LogP contribution in [0.4, 0.5) is 0 Å². The van der Waals surface area contributed by atoms with Gasteiger partial charge in [-0.15, -0.1) is 0 Å². The van der Waals surface area contributed by atoms with Crippen molar-refractivity contribution in [1.82, 2.24) is 4.90 Å². The average Bonchev–Trinajstić information content (AvgIpc) is 2.61. The minimum absolute atomic E-state index is 0.0623. The van der Waals surface area contributed by atoms with Gasteiger partial charge < -0.3 is 14.4 Å². The van der Waals surface area contributed by atoms with Gasteiger partial charge in [0, 0.05) is 24.1 Å². The first-order chi connectivity index (χ1) is 11.5. The second-order valence-electron chi connectivity index (χ2n) is 5.27. The Morgan fingerprint density at radius 2 is 1.75 bits per heavy atom. The minimum atomic E-state index is -0.0623. The molecule has 0 aliphatic rings. The van der Waals surface area contributed by atoms with Crippen molar-refractivity contribution in [2.45, 2.75) is 6.54 Å². The summed E-state index contributed by atoms with van der Waals surface area (Å²) in [6, 6.07) is 13.4. The Kier molecular flexibility index (Phi) is 6.44. The maximum atomic E-state index is 12.2. The van der Waals surface area contributed by atoms with Crippen molar-refractivity contribution in [3.05, 3.63) is 64.1 Å². The third-order valence-electron chi connectivity index (χ3n) is 3.54. The molecule has 2 aromatic rings. The highest BCUT2D eigenvalue weighted by atomic mass is 79.9. The normalized spacial score (nSPS) is 10.7. The Morgan fingerprint density at radius 3 is 2.38 bits per heavy atom. The maximum Gasteiger partial charge on any atom is 0.246 e. The molecule has 0 aliphatic heterocycles. The molecule has 5 heteroatoms. The summed E-state index contributed by atoms with van der Waals surface area (Å²) in [7, 11) is 4.96. The molecular weight excluding hydrogens is 370 g/mol. The van der Waals surface area contributed by atoms with E-state index < -0.39 is 0 Å². The predicted molar refractivity (Wildman–Crippen MR) is 99.2 cm³/mol. The van der Waals surface area contributed by atoms with Gasteiger partial charge in [-0.1, -0.05) is 34.1 Å². The van der Waals surface area contributed by atoms with Gasteiger partial charge in [0.15, 0.2) is 11.5 Å². The molecule has 0 aliphatic carbocycles. The van der Waals surface area contributed by atoms with Crippen LogP contribution in [-0.4, -0.2) is 32.1 Å². The highest BCUT2D eigenvalue weighted by molar-refractivity contribution is 9.10. The number of methoxy groups -OCH3 is 2. The summed E-state index contributed by atoms with van der Waals surface area (Å²) in [4.78, 5) is 13.9. The molecule has 1 amide bonds. The van der Waals surface area contributed by atoms with E-state index in [-0.39, 0.29) is 5.91 Å². The zero-order valence-corrected chi connectivity index (χ0v) is 15.5. The Labute approximate surface area is 150 Å². The van der Waals surface area contributed by atoms with Gasteiger partial charge in [0.25, 0.3) is 0 Å². The molecule has 2 rings (SSSR count). The van der Waals surface area contributed by atoms with E-state index >= 15 is 0 Å². The van der Waals surface area contributed by atoms with E-state index in [4.69, 9.17) is 9.47 Å². The summed E-state index contributed by atoms with van der Waals surface area (Å²) in [5.74, 6) is 1.23. The molecule has 24 heavy (non-hydrogen) atoms. The number of likely N-dealkylation sites (N-methyl/N-ethyl adjacent to an activating group) is 1. The van der Waals surface area contributed by atoms with E-state index in [0.29, 0.717) is 18.0 Å². The first kappa shape index (κ1) is 18.1. The number of carbonyl (C=O) groups excluding carboxylic acids is 1. The Bertz CT molecular complexity index is 726. The van der Waals surface area contributed by atoms with Crippen LogP contribution >= 0.6 is 15.9 Å². The van der Waals surface area contributed by atoms with Crippen LogP contribution in [0.2, 0.25) is 0 Å². The third-order valence-corrected chi connectivity index (χ3v) is 4.06. The van der Waals surface area contributed by atoms with E-state index in [0.717, 1.165) is 15.6 Å². The topological polar surface area (TPSA) is 38.8 Å². The number of benzene rings is 2. The number of halogens is 1. The Hall–Kier alpha value is -2.27. The van der Waals surface area contributed by atoms with Crippen LogP contribution in [0.5, 0.6) is 11.5 Å². The molecule has 0 unspecified atom stereocenters. The molecule has 0 saturated heterocycles. The van der Waals surface area contributed by atoms with Gasteiger partial charge in [-0.05, 0) is 41.5 Å². The average molecular weight is 390 g/mol. The van der Waals surface area contributed by atoms with Crippen molar-refractivity contribution in [3.63, 3.8) is 0 Å². The SMILES string of the molecule is COc1ccc(/C=C/C(=O)N(C)Cc2ccc(Br)cc2)cc1OC. The summed E-state index contributed by atoms with van der Waals surface area (Å²) in [6.45, 7) is 0.558. The lowest BCUT2D eigenvalue weighted by Gasteiger charge is -2.15. The smallest absolute Gasteiger partial charge is 0.246 e. The van der Waals surface area contributed by atoms with Crippen LogP contribution in [0, 0.1) is 0 Å². The number of ether oxygens (including phenoxy) is 2. The van der Waals surface area contributed by atoms with E-state index in [1.807, 2.05) is 42.5 Å². The van der Waals surface area contributed by atoms with Gasteiger partial charge >= 0.3 is 0 Å². The van der Waals surface area contributed by atoms with Crippen LogP contribution in [-0.2, 0) is 11.3 Å². The molecule has 0 fully saturated rings. The van der Waals surface area contributed by atoms with Crippen LogP contribution in [0.15, 0.2) is 53.0 Å². The lowest BCUT2D eigenvalue weighted by molar-refractivity contribution is -0.125. The summed E-state index contributed by atoms with van der Waals surface area (Å²) in [5.41, 5.74) is 1.95. The first-order valence-electron chi connectivity index (χ1n) is 7.43. The lowest BCUT2D eigenvalue weighted by atomic mass is 10.1. The van der Waals surface area contributed by atoms with Crippen LogP contribution < -0.4 is 9.47 Å². The molecule has 0 saturated carbocycles. The number of amides is 1. The second kappa shape index (κ2) is 8.55. The Morgan fingerprint density at radius 1 is 1.08 bits per heavy atom. The standard InChI is InChI=1S/C19H20BrNO3/c1-21(13-15-4-8-16(20)9-5-15)19(22)11-7-14-6-10-17(23-2)18(12-14)24-3/h4-12H,13H2,1-3H3/b11-7+. The van der Waals surface area contributed by atoms with Gasteiger partial charge in [-0.3, -0.25) is 4.79 Å². The predicted octanol–water partition coefficient (Wildman–Crippen LogP) is 4.14. The minimum Gasteiger partial charge on any atom is -0.493 e. The van der Waals surface area contributed by atoms with Crippen LogP contribution in [0.25, 0.3) is 6.08 Å². The van der Waals surface area contributed by atoms with Crippen molar-refractivity contribution in [1.29, 1.82) is 0 Å². The number of nitrogens with zero attached hydrogens (tertiary/aromatic N) is 1. The summed E-state index contributed by atoms with van der Waals surface area (Å²) in [6.07, 6.45) is 3.32. The molecule has 0 N–H and O–H groups in total. The third kappa shape index (κ3) is 4.86. The zero-order valence-electron chi connectivity index (χ0n) is 14.0. The number of hydrogen-bond acceptors (Lipinski definition) is 3. The van der Waals surface area contributed by atoms with Crippen molar-refractivity contribution in [2.24, 2.45) is 0 Å². The number of rotatable bonds is 6. The fourth-order valence-corrected chi connectivity index (χ4v) is 2.46. The van der Waals surface area contributed by atoms with Crippen LogP contribution in [0.1, 0.15) is 11.1 Å². The largest absolute Gasteiger partial charge is 0.493 e. The van der Waals surface area contributed by atoms with E-state index in [1.165, 1.54) is 0 Å². The van der Waals surface area contributed by atoms with Gasteiger partial charge in [0.2, 0.25) is 5.91 Å². The molecule has 4 nitrogen and oxygen atoms in total. The lowest BCUT2D eigenvalue weighted by Crippen LogP contribution is -2.24. The number of hydrogen-bond donors (Lipinski definition) is 0. The second-order valence-corrected chi connectivity index (χ2v) is 6.18. The summed E-state index contributed by atoms with van der Waals surface area (Å²) >= 11 is 3.40. The fourth-order valence-electron chi connectivity index (χ4n) is 2.19.